The minimum atomic E-state index is -0.197. The normalized spacial score (nSPS) is 10.6. The molecule has 0 unspecified atom stereocenters. The standard InChI is InChI=1S/C18H17ClO4/c1-21-16-11-18(23-3)17(22-2)10-14(16)15(20)9-6-12-4-7-13(19)8-5-12/h4-11H,1-3H3. The van der Waals surface area contributed by atoms with Crippen LogP contribution >= 0.6 is 11.6 Å². The van der Waals surface area contributed by atoms with Crippen molar-refractivity contribution in [2.24, 2.45) is 0 Å². The molecule has 0 N–H and O–H groups in total. The minimum absolute atomic E-state index is 0.197. The van der Waals surface area contributed by atoms with Gasteiger partial charge >= 0.3 is 0 Å². The van der Waals surface area contributed by atoms with Crippen molar-refractivity contribution in [1.29, 1.82) is 0 Å². The average Bonchev–Trinajstić information content (AvgIpc) is 2.59. The van der Waals surface area contributed by atoms with E-state index in [0.717, 1.165) is 5.56 Å². The lowest BCUT2D eigenvalue weighted by Gasteiger charge is -2.12. The molecule has 0 fully saturated rings. The van der Waals surface area contributed by atoms with Crippen LogP contribution in [0.2, 0.25) is 5.02 Å². The smallest absolute Gasteiger partial charge is 0.189 e. The Balaban J connectivity index is 2.32. The number of halogens is 1. The van der Waals surface area contributed by atoms with Crippen LogP contribution in [0.1, 0.15) is 15.9 Å². The van der Waals surface area contributed by atoms with Crippen molar-refractivity contribution in [2.45, 2.75) is 0 Å². The molecule has 0 radical (unpaired) electrons. The van der Waals surface area contributed by atoms with Crippen LogP contribution in [0.15, 0.2) is 42.5 Å². The van der Waals surface area contributed by atoms with Crippen LogP contribution in [0.5, 0.6) is 17.2 Å². The number of allylic oxidation sites excluding steroid dienone is 1. The highest BCUT2D eigenvalue weighted by Crippen LogP contribution is 2.35. The summed E-state index contributed by atoms with van der Waals surface area (Å²) in [6, 6.07) is 10.4. The van der Waals surface area contributed by atoms with E-state index >= 15 is 0 Å². The van der Waals surface area contributed by atoms with Gasteiger partial charge in [0, 0.05) is 11.1 Å². The van der Waals surface area contributed by atoms with Crippen LogP contribution in [0.4, 0.5) is 0 Å². The van der Waals surface area contributed by atoms with E-state index < -0.39 is 0 Å². The van der Waals surface area contributed by atoms with Crippen molar-refractivity contribution in [2.75, 3.05) is 21.3 Å². The molecule has 23 heavy (non-hydrogen) atoms. The fraction of sp³-hybridized carbons (Fsp3) is 0.167. The van der Waals surface area contributed by atoms with E-state index in [-0.39, 0.29) is 5.78 Å². The van der Waals surface area contributed by atoms with E-state index in [9.17, 15) is 4.79 Å². The summed E-state index contributed by atoms with van der Waals surface area (Å²) in [6.07, 6.45) is 3.20. The number of rotatable bonds is 6. The van der Waals surface area contributed by atoms with Crippen molar-refractivity contribution < 1.29 is 19.0 Å². The maximum absolute atomic E-state index is 12.4. The number of hydrogen-bond donors (Lipinski definition) is 0. The van der Waals surface area contributed by atoms with Gasteiger partial charge in [-0.2, -0.15) is 0 Å². The highest BCUT2D eigenvalue weighted by atomic mass is 35.5. The predicted octanol–water partition coefficient (Wildman–Crippen LogP) is 4.26. The van der Waals surface area contributed by atoms with E-state index in [2.05, 4.69) is 0 Å². The summed E-state index contributed by atoms with van der Waals surface area (Å²) in [5.74, 6) is 1.20. The van der Waals surface area contributed by atoms with E-state index in [1.807, 2.05) is 12.1 Å². The molecule has 0 spiro atoms. The second-order valence-electron chi connectivity index (χ2n) is 4.66. The zero-order valence-electron chi connectivity index (χ0n) is 13.1. The summed E-state index contributed by atoms with van der Waals surface area (Å²) < 4.78 is 15.7. The monoisotopic (exact) mass is 332 g/mol. The van der Waals surface area contributed by atoms with Crippen molar-refractivity contribution in [3.8, 4) is 17.2 Å². The molecule has 0 saturated carbocycles. The highest BCUT2D eigenvalue weighted by Gasteiger charge is 2.15. The lowest BCUT2D eigenvalue weighted by atomic mass is 10.1. The second kappa shape index (κ2) is 7.70. The third kappa shape index (κ3) is 4.05. The van der Waals surface area contributed by atoms with Gasteiger partial charge in [0.1, 0.15) is 5.75 Å². The number of ketones is 1. The maximum Gasteiger partial charge on any atom is 0.189 e. The highest BCUT2D eigenvalue weighted by molar-refractivity contribution is 6.30. The number of ether oxygens (including phenoxy) is 3. The number of methoxy groups -OCH3 is 3. The van der Waals surface area contributed by atoms with Crippen LogP contribution in [-0.4, -0.2) is 27.1 Å². The van der Waals surface area contributed by atoms with Crippen molar-refractivity contribution in [1.82, 2.24) is 0 Å². The predicted molar refractivity (Wildman–Crippen MR) is 90.9 cm³/mol. The summed E-state index contributed by atoms with van der Waals surface area (Å²) >= 11 is 5.84. The summed E-state index contributed by atoms with van der Waals surface area (Å²) in [6.45, 7) is 0. The van der Waals surface area contributed by atoms with E-state index in [4.69, 9.17) is 25.8 Å². The summed E-state index contributed by atoms with van der Waals surface area (Å²) in [4.78, 5) is 12.4. The molecule has 0 aromatic heterocycles. The summed E-state index contributed by atoms with van der Waals surface area (Å²) in [7, 11) is 4.54. The van der Waals surface area contributed by atoms with E-state index in [1.165, 1.54) is 27.4 Å². The molecule has 0 saturated heterocycles. The van der Waals surface area contributed by atoms with Gasteiger partial charge in [-0.3, -0.25) is 4.79 Å². The Labute approximate surface area is 140 Å². The molecule has 5 heteroatoms. The topological polar surface area (TPSA) is 44.8 Å². The molecule has 0 aliphatic carbocycles. The second-order valence-corrected chi connectivity index (χ2v) is 5.09. The summed E-state index contributed by atoms with van der Waals surface area (Å²) in [5, 5.41) is 0.648. The Morgan fingerprint density at radius 1 is 0.913 bits per heavy atom. The molecule has 0 heterocycles. The van der Waals surface area contributed by atoms with Crippen LogP contribution in [0, 0.1) is 0 Å². The Morgan fingerprint density at radius 2 is 1.48 bits per heavy atom. The molecule has 2 aromatic carbocycles. The van der Waals surface area contributed by atoms with Gasteiger partial charge in [0.2, 0.25) is 0 Å². The lowest BCUT2D eigenvalue weighted by Crippen LogP contribution is -2.01. The molecule has 0 aliphatic heterocycles. The maximum atomic E-state index is 12.4. The van der Waals surface area contributed by atoms with Gasteiger partial charge in [-0.15, -0.1) is 0 Å². The number of hydrogen-bond acceptors (Lipinski definition) is 4. The van der Waals surface area contributed by atoms with Crippen LogP contribution < -0.4 is 14.2 Å². The Bertz CT molecular complexity index is 721. The Morgan fingerprint density at radius 3 is 2.04 bits per heavy atom. The van der Waals surface area contributed by atoms with Gasteiger partial charge in [0.15, 0.2) is 17.3 Å². The van der Waals surface area contributed by atoms with Crippen molar-refractivity contribution >= 4 is 23.5 Å². The molecular formula is C18H17ClO4. The first-order valence-electron chi connectivity index (χ1n) is 6.87. The molecule has 2 rings (SSSR count). The minimum Gasteiger partial charge on any atom is -0.496 e. The van der Waals surface area contributed by atoms with Gasteiger partial charge in [0.05, 0.1) is 26.9 Å². The van der Waals surface area contributed by atoms with Crippen molar-refractivity contribution in [3.05, 3.63) is 58.6 Å². The van der Waals surface area contributed by atoms with E-state index in [1.54, 1.807) is 30.3 Å². The quantitative estimate of drug-likeness (QED) is 0.585. The van der Waals surface area contributed by atoms with Crippen LogP contribution in [0.25, 0.3) is 6.08 Å². The Kier molecular flexibility index (Phi) is 5.66. The largest absolute Gasteiger partial charge is 0.496 e. The third-order valence-corrected chi connectivity index (χ3v) is 3.52. The van der Waals surface area contributed by atoms with Crippen LogP contribution in [0.3, 0.4) is 0 Å². The molecule has 4 nitrogen and oxygen atoms in total. The average molecular weight is 333 g/mol. The molecule has 0 aliphatic rings. The van der Waals surface area contributed by atoms with Gasteiger partial charge in [0.25, 0.3) is 0 Å². The number of carbonyl (C=O) groups is 1. The molecular weight excluding hydrogens is 316 g/mol. The first kappa shape index (κ1) is 16.9. The lowest BCUT2D eigenvalue weighted by molar-refractivity contribution is 0.104. The number of carbonyl (C=O) groups excluding carboxylic acids is 1. The van der Waals surface area contributed by atoms with Gasteiger partial charge in [-0.1, -0.05) is 29.8 Å². The first-order chi connectivity index (χ1) is 11.1. The third-order valence-electron chi connectivity index (χ3n) is 3.27. The molecule has 0 atom stereocenters. The fourth-order valence-electron chi connectivity index (χ4n) is 2.06. The van der Waals surface area contributed by atoms with Crippen molar-refractivity contribution in [3.63, 3.8) is 0 Å². The Hall–Kier alpha value is -2.46. The van der Waals surface area contributed by atoms with Gasteiger partial charge < -0.3 is 14.2 Å². The first-order valence-corrected chi connectivity index (χ1v) is 7.24. The summed E-state index contributed by atoms with van der Waals surface area (Å²) in [5.41, 5.74) is 1.28. The molecule has 120 valence electrons. The van der Waals surface area contributed by atoms with E-state index in [0.29, 0.717) is 27.8 Å². The van der Waals surface area contributed by atoms with Gasteiger partial charge in [-0.05, 0) is 29.8 Å². The molecule has 0 bridgehead atoms. The SMILES string of the molecule is COc1cc(OC)c(C(=O)C=Cc2ccc(Cl)cc2)cc1OC. The molecule has 0 amide bonds. The van der Waals surface area contributed by atoms with Crippen LogP contribution in [-0.2, 0) is 0 Å². The zero-order valence-corrected chi connectivity index (χ0v) is 13.9. The zero-order chi connectivity index (χ0) is 16.8. The van der Waals surface area contributed by atoms with Gasteiger partial charge in [-0.25, -0.2) is 0 Å². The number of benzene rings is 2. The molecule has 2 aromatic rings. The fourth-order valence-corrected chi connectivity index (χ4v) is 2.18.